The van der Waals surface area contributed by atoms with E-state index < -0.39 is 0 Å². The van der Waals surface area contributed by atoms with Crippen LogP contribution in [0.5, 0.6) is 0 Å². The van der Waals surface area contributed by atoms with Gasteiger partial charge in [-0.2, -0.15) is 0 Å². The third-order valence-electron chi connectivity index (χ3n) is 7.03. The Hall–Kier alpha value is -2.21. The van der Waals surface area contributed by atoms with E-state index >= 15 is 0 Å². The number of rotatable bonds is 6. The van der Waals surface area contributed by atoms with Crippen molar-refractivity contribution in [3.05, 3.63) is 48.3 Å². The van der Waals surface area contributed by atoms with Crippen molar-refractivity contribution in [2.75, 3.05) is 26.2 Å². The van der Waals surface area contributed by atoms with Gasteiger partial charge in [0.1, 0.15) is 0 Å². The number of likely N-dealkylation sites (tertiary alicyclic amines) is 2. The SMILES string of the molecule is CC(C)n1cnc([C@@H]2CN(Cc3cccnc3)C[C@@]23CCN(CC2CC2)C3=O)c1. The molecule has 29 heavy (non-hydrogen) atoms. The molecule has 1 saturated carbocycles. The largest absolute Gasteiger partial charge is 0.342 e. The van der Waals surface area contributed by atoms with Crippen LogP contribution in [0.1, 0.15) is 56.3 Å². The first-order valence-electron chi connectivity index (χ1n) is 11.0. The van der Waals surface area contributed by atoms with Crippen LogP contribution in [-0.4, -0.2) is 56.4 Å². The topological polar surface area (TPSA) is 54.3 Å². The van der Waals surface area contributed by atoms with Gasteiger partial charge in [0.2, 0.25) is 5.91 Å². The van der Waals surface area contributed by atoms with Crippen LogP contribution in [0.15, 0.2) is 37.1 Å². The van der Waals surface area contributed by atoms with Gasteiger partial charge in [-0.05, 0) is 50.7 Å². The van der Waals surface area contributed by atoms with E-state index in [1.165, 1.54) is 18.4 Å². The van der Waals surface area contributed by atoms with Crippen molar-refractivity contribution in [3.63, 3.8) is 0 Å². The van der Waals surface area contributed by atoms with Crippen molar-refractivity contribution in [1.29, 1.82) is 0 Å². The average Bonchev–Trinajstić information content (AvgIpc) is 3.13. The summed E-state index contributed by atoms with van der Waals surface area (Å²) in [6.07, 6.45) is 11.4. The lowest BCUT2D eigenvalue weighted by atomic mass is 9.75. The fourth-order valence-corrected chi connectivity index (χ4v) is 5.18. The number of carbonyl (C=O) groups excluding carboxylic acids is 1. The zero-order chi connectivity index (χ0) is 20.0. The summed E-state index contributed by atoms with van der Waals surface area (Å²) in [6.45, 7) is 8.74. The number of imidazole rings is 1. The Balaban J connectivity index is 1.43. The molecular weight excluding hydrogens is 362 g/mol. The van der Waals surface area contributed by atoms with E-state index in [1.54, 1.807) is 0 Å². The summed E-state index contributed by atoms with van der Waals surface area (Å²) in [6, 6.07) is 4.49. The summed E-state index contributed by atoms with van der Waals surface area (Å²) in [4.78, 5) is 27.3. The highest BCUT2D eigenvalue weighted by Crippen LogP contribution is 2.50. The Bertz CT molecular complexity index is 874. The van der Waals surface area contributed by atoms with Crippen LogP contribution in [-0.2, 0) is 11.3 Å². The standard InChI is InChI=1S/C23H31N5O/c1-17(2)28-14-21(25-16-28)20-13-26(11-19-4-3-8-24-10-19)15-23(20)7-9-27(22(23)29)12-18-5-6-18/h3-4,8,10,14,16-18,20H,5-7,9,11-13,15H2,1-2H3/t20-,23-/m0/s1. The molecule has 4 heterocycles. The van der Waals surface area contributed by atoms with Gasteiger partial charge in [-0.25, -0.2) is 4.98 Å². The molecule has 1 aliphatic carbocycles. The number of hydrogen-bond donors (Lipinski definition) is 0. The van der Waals surface area contributed by atoms with Gasteiger partial charge in [-0.3, -0.25) is 14.7 Å². The van der Waals surface area contributed by atoms with Crippen molar-refractivity contribution >= 4 is 5.91 Å². The molecule has 0 N–H and O–H groups in total. The van der Waals surface area contributed by atoms with Crippen LogP contribution in [0.4, 0.5) is 0 Å². The van der Waals surface area contributed by atoms with Crippen LogP contribution < -0.4 is 0 Å². The van der Waals surface area contributed by atoms with E-state index in [2.05, 4.69) is 45.5 Å². The lowest BCUT2D eigenvalue weighted by Crippen LogP contribution is -2.40. The minimum absolute atomic E-state index is 0.163. The highest BCUT2D eigenvalue weighted by Gasteiger charge is 2.58. The highest BCUT2D eigenvalue weighted by atomic mass is 16.2. The normalized spacial score (nSPS) is 27.6. The molecule has 0 aromatic carbocycles. The summed E-state index contributed by atoms with van der Waals surface area (Å²) >= 11 is 0. The Labute approximate surface area is 172 Å². The average molecular weight is 394 g/mol. The molecule has 0 unspecified atom stereocenters. The molecular formula is C23H31N5O. The molecule has 2 aromatic heterocycles. The predicted molar refractivity (Wildman–Crippen MR) is 111 cm³/mol. The molecule has 6 nitrogen and oxygen atoms in total. The smallest absolute Gasteiger partial charge is 0.230 e. The van der Waals surface area contributed by atoms with Gasteiger partial charge in [0, 0.05) is 63.3 Å². The predicted octanol–water partition coefficient (Wildman–Crippen LogP) is 3.09. The van der Waals surface area contributed by atoms with Crippen molar-refractivity contribution in [2.45, 2.75) is 51.6 Å². The zero-order valence-corrected chi connectivity index (χ0v) is 17.5. The van der Waals surface area contributed by atoms with Crippen molar-refractivity contribution < 1.29 is 4.79 Å². The Morgan fingerprint density at radius 1 is 1.31 bits per heavy atom. The Morgan fingerprint density at radius 2 is 2.17 bits per heavy atom. The van der Waals surface area contributed by atoms with Crippen LogP contribution in [0, 0.1) is 11.3 Å². The van der Waals surface area contributed by atoms with Crippen LogP contribution in [0.2, 0.25) is 0 Å². The summed E-state index contributed by atoms with van der Waals surface area (Å²) in [5, 5.41) is 0. The fourth-order valence-electron chi connectivity index (χ4n) is 5.18. The molecule has 0 bridgehead atoms. The van der Waals surface area contributed by atoms with Crippen molar-refractivity contribution in [1.82, 2.24) is 24.3 Å². The Morgan fingerprint density at radius 3 is 2.86 bits per heavy atom. The van der Waals surface area contributed by atoms with Gasteiger partial charge >= 0.3 is 0 Å². The molecule has 3 aliphatic rings. The highest BCUT2D eigenvalue weighted by molar-refractivity contribution is 5.87. The number of carbonyl (C=O) groups is 1. The minimum Gasteiger partial charge on any atom is -0.342 e. The number of nitrogens with zero attached hydrogens (tertiary/aromatic N) is 5. The van der Waals surface area contributed by atoms with Crippen LogP contribution in [0.3, 0.4) is 0 Å². The third-order valence-corrected chi connectivity index (χ3v) is 7.03. The summed E-state index contributed by atoms with van der Waals surface area (Å²) in [5.74, 6) is 1.26. The van der Waals surface area contributed by atoms with Crippen molar-refractivity contribution in [2.24, 2.45) is 11.3 Å². The number of amides is 1. The van der Waals surface area contributed by atoms with Crippen LogP contribution in [0.25, 0.3) is 0 Å². The molecule has 6 heteroatoms. The maximum atomic E-state index is 13.7. The van der Waals surface area contributed by atoms with Crippen LogP contribution >= 0.6 is 0 Å². The number of hydrogen-bond acceptors (Lipinski definition) is 4. The molecule has 154 valence electrons. The first-order chi connectivity index (χ1) is 14.0. The van der Waals surface area contributed by atoms with Gasteiger partial charge in [-0.1, -0.05) is 6.07 Å². The second kappa shape index (κ2) is 7.24. The van der Waals surface area contributed by atoms with Gasteiger partial charge in [0.05, 0.1) is 17.4 Å². The lowest BCUT2D eigenvalue weighted by Gasteiger charge is -2.28. The maximum Gasteiger partial charge on any atom is 0.230 e. The first-order valence-corrected chi connectivity index (χ1v) is 11.0. The Kier molecular flexibility index (Phi) is 4.69. The fraction of sp³-hybridized carbons (Fsp3) is 0.609. The second-order valence-corrected chi connectivity index (χ2v) is 9.52. The van der Waals surface area contributed by atoms with E-state index in [0.717, 1.165) is 50.8 Å². The molecule has 2 aliphatic heterocycles. The number of pyridine rings is 1. The van der Waals surface area contributed by atoms with E-state index in [4.69, 9.17) is 4.98 Å². The monoisotopic (exact) mass is 393 g/mol. The zero-order valence-electron chi connectivity index (χ0n) is 17.5. The molecule has 5 rings (SSSR count). The maximum absolute atomic E-state index is 13.7. The summed E-state index contributed by atoms with van der Waals surface area (Å²) in [5.41, 5.74) is 1.96. The quantitative estimate of drug-likeness (QED) is 0.757. The molecule has 1 spiro atoms. The summed E-state index contributed by atoms with van der Waals surface area (Å²) in [7, 11) is 0. The van der Waals surface area contributed by atoms with Gasteiger partial charge in [0.25, 0.3) is 0 Å². The lowest BCUT2D eigenvalue weighted by molar-refractivity contribution is -0.136. The first kappa shape index (κ1) is 18.8. The van der Waals surface area contributed by atoms with Crippen molar-refractivity contribution in [3.8, 4) is 0 Å². The summed E-state index contributed by atoms with van der Waals surface area (Å²) < 4.78 is 2.16. The number of aromatic nitrogens is 3. The van der Waals surface area contributed by atoms with E-state index in [0.29, 0.717) is 11.9 Å². The molecule has 0 radical (unpaired) electrons. The van der Waals surface area contributed by atoms with E-state index in [1.807, 2.05) is 24.8 Å². The second-order valence-electron chi connectivity index (χ2n) is 9.52. The molecule has 2 saturated heterocycles. The van der Waals surface area contributed by atoms with Gasteiger partial charge in [-0.15, -0.1) is 0 Å². The van der Waals surface area contributed by atoms with Gasteiger partial charge in [0.15, 0.2) is 0 Å². The molecule has 2 aromatic rings. The molecule has 2 atom stereocenters. The van der Waals surface area contributed by atoms with E-state index in [-0.39, 0.29) is 11.3 Å². The van der Waals surface area contributed by atoms with Gasteiger partial charge < -0.3 is 9.47 Å². The molecule has 1 amide bonds. The molecule has 3 fully saturated rings. The third kappa shape index (κ3) is 3.48. The minimum atomic E-state index is -0.326. The van der Waals surface area contributed by atoms with E-state index in [9.17, 15) is 4.79 Å².